The number of likely N-dealkylation sites (tertiary alicyclic amines) is 1. The van der Waals surface area contributed by atoms with E-state index in [4.69, 9.17) is 61.6 Å². The summed E-state index contributed by atoms with van der Waals surface area (Å²) >= 11 is 0. The van der Waals surface area contributed by atoms with Crippen molar-refractivity contribution in [3.05, 3.63) is 88.6 Å². The van der Waals surface area contributed by atoms with Crippen LogP contribution < -0.4 is 45.1 Å². The molecule has 4 aliphatic heterocycles. The van der Waals surface area contributed by atoms with Crippen LogP contribution in [0.15, 0.2) is 76.9 Å². The Balaban J connectivity index is 0.646. The number of hydrogen-bond donors (Lipinski definition) is 5. The number of aliphatic imine (C=N–C) groups is 1. The molecule has 0 bridgehead atoms. The van der Waals surface area contributed by atoms with Crippen LogP contribution in [0, 0.1) is 23.7 Å². The molecule has 8 rings (SSSR count). The first-order chi connectivity index (χ1) is 52.1. The van der Waals surface area contributed by atoms with Gasteiger partial charge in [-0.15, -0.1) is 0 Å². The van der Waals surface area contributed by atoms with Gasteiger partial charge in [0, 0.05) is 85.9 Å². The molecule has 2 unspecified atom stereocenters. The van der Waals surface area contributed by atoms with E-state index in [1.54, 1.807) is 63.4 Å². The van der Waals surface area contributed by atoms with Crippen molar-refractivity contribution in [2.45, 2.75) is 124 Å². The lowest BCUT2D eigenvalue weighted by Crippen LogP contribution is -2.53. The molecule has 5 aliphatic rings. The predicted octanol–water partition coefficient (Wildman–Crippen LogP) is 6.41. The minimum Gasteiger partial charge on any atom is -0.493 e. The van der Waals surface area contributed by atoms with Crippen molar-refractivity contribution >= 4 is 76.5 Å². The molecule has 31 nitrogen and oxygen atoms in total. The number of imide groups is 1. The van der Waals surface area contributed by atoms with Gasteiger partial charge in [0.25, 0.3) is 5.91 Å². The predicted molar refractivity (Wildman–Crippen MR) is 394 cm³/mol. The van der Waals surface area contributed by atoms with Gasteiger partial charge < -0.3 is 92.9 Å². The van der Waals surface area contributed by atoms with E-state index >= 15 is 0 Å². The normalized spacial score (nSPS) is 18.5. The van der Waals surface area contributed by atoms with E-state index in [-0.39, 0.29) is 129 Å². The van der Waals surface area contributed by atoms with Crippen molar-refractivity contribution in [3.8, 4) is 23.0 Å². The molecule has 0 spiro atoms. The highest BCUT2D eigenvalue weighted by atomic mass is 16.6. The molecule has 31 heteroatoms. The number of ether oxygens (including phenoxy) is 13. The van der Waals surface area contributed by atoms with Crippen molar-refractivity contribution in [2.75, 3.05) is 156 Å². The maximum Gasteiger partial charge on any atom is 0.416 e. The van der Waals surface area contributed by atoms with Crippen molar-refractivity contribution in [3.63, 3.8) is 0 Å². The zero-order valence-electron chi connectivity index (χ0n) is 63.2. The maximum absolute atomic E-state index is 14.3. The molecule has 1 saturated heterocycles. The number of fused-ring (bicyclic) bond motifs is 4. The first-order valence-corrected chi connectivity index (χ1v) is 37.0. The Labute approximate surface area is 630 Å². The van der Waals surface area contributed by atoms with E-state index in [0.29, 0.717) is 159 Å². The van der Waals surface area contributed by atoms with Crippen LogP contribution in [0.25, 0.3) is 0 Å². The molecule has 4 heterocycles. The van der Waals surface area contributed by atoms with E-state index in [1.165, 1.54) is 43.7 Å². The molecular weight excluding hydrogens is 1400 g/mol. The number of carbonyl (C=O) groups is 9. The minimum absolute atomic E-state index is 0.0135. The van der Waals surface area contributed by atoms with E-state index in [0.717, 1.165) is 21.8 Å². The molecule has 108 heavy (non-hydrogen) atoms. The lowest BCUT2D eigenvalue weighted by molar-refractivity contribution is -0.139. The van der Waals surface area contributed by atoms with Gasteiger partial charge in [-0.05, 0) is 88.6 Å². The molecule has 0 radical (unpaired) electrons. The van der Waals surface area contributed by atoms with E-state index in [9.17, 15) is 48.3 Å². The summed E-state index contributed by atoms with van der Waals surface area (Å²) < 4.78 is 73.7. The summed E-state index contributed by atoms with van der Waals surface area (Å²) in [6.45, 7) is 16.8. The van der Waals surface area contributed by atoms with Crippen LogP contribution in [-0.4, -0.2) is 245 Å². The van der Waals surface area contributed by atoms with Crippen LogP contribution in [0.1, 0.15) is 119 Å². The molecule has 1 aliphatic carbocycles. The number of Topliss-reactive ketones (excluding diaryl/α,β-unsaturated/α-hetero) is 1. The highest BCUT2D eigenvalue weighted by Crippen LogP contribution is 2.44. The van der Waals surface area contributed by atoms with Crippen molar-refractivity contribution in [2.24, 2.45) is 28.7 Å². The highest BCUT2D eigenvalue weighted by Gasteiger charge is 2.46. The summed E-state index contributed by atoms with van der Waals surface area (Å²) in [6.07, 6.45) is 6.36. The van der Waals surface area contributed by atoms with Gasteiger partial charge in [-0.25, -0.2) is 9.69 Å². The van der Waals surface area contributed by atoms with Crippen LogP contribution >= 0.6 is 0 Å². The fourth-order valence-corrected chi connectivity index (χ4v) is 12.5. The fraction of sp³-hybridized carbons (Fsp3) is 0.584. The average molecular weight is 1510 g/mol. The van der Waals surface area contributed by atoms with Gasteiger partial charge in [-0.3, -0.25) is 48.2 Å². The number of benzene rings is 3. The number of amides is 8. The number of rotatable bonds is 48. The second kappa shape index (κ2) is 43.9. The van der Waals surface area contributed by atoms with E-state index < -0.39 is 54.1 Å². The molecule has 7 atom stereocenters. The second-order valence-corrected chi connectivity index (χ2v) is 27.1. The number of nitrogens with one attached hydrogen (secondary N) is 4. The zero-order chi connectivity index (χ0) is 77.5. The largest absolute Gasteiger partial charge is 0.493 e. The monoisotopic (exact) mass is 1510 g/mol. The third-order valence-corrected chi connectivity index (χ3v) is 18.4. The topological polar surface area (TPSA) is 364 Å². The number of aliphatic hydroxyl groups is 1. The molecule has 0 saturated carbocycles. The SMILES string of the molecule is COc1cc2c(cc1OCCCCCOc1cc3c(cc1OC)C(=O)N1C=C(C)C[C@H]1[C@H](O)N3C(=O)OCc1ccc(NC(=O)[C@H](C)NC(=O)[C@@H](NC(=O)CCOCCOCCOCCOCCOCCOCCOCCOCCNC(=O)CCN3C(=O)CC(C)C3=O)C(C)C)cc1)N=C[C@@H]1CC(C)=CC1C2=O. The lowest BCUT2D eigenvalue weighted by atomic mass is 9.89. The summed E-state index contributed by atoms with van der Waals surface area (Å²) in [7, 11) is 2.98. The Morgan fingerprint density at radius 1 is 0.611 bits per heavy atom. The molecule has 3 aromatic carbocycles. The summed E-state index contributed by atoms with van der Waals surface area (Å²) in [5.74, 6) is -2.10. The standard InChI is InChI=1S/C77H106N8O23/c1-49(2)70(82-68(87)17-22-98-24-26-100-28-30-102-32-34-104-36-37-105-35-33-103-31-29-101-27-25-99-23-18-78-67(86)16-19-83-69(88)41-52(5)74(83)92)73(91)80-53(6)72(90)81-56-14-12-54(13-15-56)48-108-77(95)85-61-45-66(64(97-8)43-59(61)75(93)84-47-51(4)40-62(84)76(85)94)107-21-11-9-10-20-106-65-44-60-58(42-63(65)96-7)71(89)57-39-50(3)38-55(57)46-79-60/h12-15,39,42-47,49,52-53,55,57,62,70,76,94H,9-11,16-38,40-41,48H2,1-8H3,(H,78,86)(H,80,91)(H,81,90)(H,82,87)/t52?,53-,55-,57?,62-,70-,76-/m0/s1. The summed E-state index contributed by atoms with van der Waals surface area (Å²) in [4.78, 5) is 126. The number of methoxy groups -OCH3 is 2. The Morgan fingerprint density at radius 3 is 1.74 bits per heavy atom. The van der Waals surface area contributed by atoms with Gasteiger partial charge in [0.2, 0.25) is 35.4 Å². The molecule has 0 aromatic heterocycles. The number of nitrogens with zero attached hydrogens (tertiary/aromatic N) is 4. The Kier molecular flexibility index (Phi) is 34.4. The van der Waals surface area contributed by atoms with Gasteiger partial charge in [0.15, 0.2) is 35.0 Å². The quantitative estimate of drug-likeness (QED) is 0.0231. The summed E-state index contributed by atoms with van der Waals surface area (Å²) in [6, 6.07) is 10.2. The van der Waals surface area contributed by atoms with Crippen LogP contribution in [0.4, 0.5) is 21.9 Å². The van der Waals surface area contributed by atoms with Crippen LogP contribution in [0.3, 0.4) is 0 Å². The molecular formula is C77H106N8O23. The summed E-state index contributed by atoms with van der Waals surface area (Å²) in [5, 5.41) is 22.9. The average Bonchev–Trinajstić information content (AvgIpc) is 1.66. The number of allylic oxidation sites excluding steroid dienone is 2. The van der Waals surface area contributed by atoms with Crippen molar-refractivity contribution in [1.82, 2.24) is 25.8 Å². The Bertz CT molecular complexity index is 3620. The molecule has 8 amide bonds. The molecule has 1 fully saturated rings. The number of hydrogen-bond acceptors (Lipinski definition) is 24. The number of anilines is 2. The number of unbranched alkanes of at least 4 members (excludes halogenated alkanes) is 2. The fourth-order valence-electron chi connectivity index (χ4n) is 12.5. The third-order valence-electron chi connectivity index (χ3n) is 18.4. The van der Waals surface area contributed by atoms with Gasteiger partial charge in [-0.2, -0.15) is 0 Å². The Morgan fingerprint density at radius 2 is 1.18 bits per heavy atom. The zero-order valence-corrected chi connectivity index (χ0v) is 63.2. The molecule has 3 aromatic rings. The van der Waals surface area contributed by atoms with Gasteiger partial charge in [-0.1, -0.05) is 50.1 Å². The Hall–Kier alpha value is -8.92. The van der Waals surface area contributed by atoms with E-state index in [2.05, 4.69) is 26.3 Å². The van der Waals surface area contributed by atoms with Gasteiger partial charge in [0.1, 0.15) is 18.7 Å². The van der Waals surface area contributed by atoms with Crippen LogP contribution in [0.5, 0.6) is 23.0 Å². The highest BCUT2D eigenvalue weighted by molar-refractivity contribution is 6.08. The number of ketones is 1. The number of aliphatic hydroxyl groups excluding tert-OH is 1. The van der Waals surface area contributed by atoms with Crippen molar-refractivity contribution < 1.29 is 110 Å². The third kappa shape index (κ3) is 25.3. The number of carbonyl (C=O) groups excluding carboxylic acids is 9. The lowest BCUT2D eigenvalue weighted by Gasteiger charge is -2.31. The summed E-state index contributed by atoms with van der Waals surface area (Å²) in [5.41, 5.74) is 4.12. The molecule has 5 N–H and O–H groups in total. The molecule has 592 valence electrons. The van der Waals surface area contributed by atoms with Crippen LogP contribution in [0.2, 0.25) is 0 Å². The smallest absolute Gasteiger partial charge is 0.416 e. The van der Waals surface area contributed by atoms with Gasteiger partial charge >= 0.3 is 6.09 Å². The van der Waals surface area contributed by atoms with Crippen molar-refractivity contribution in [1.29, 1.82) is 0 Å². The second-order valence-electron chi connectivity index (χ2n) is 27.1. The maximum atomic E-state index is 14.3. The van der Waals surface area contributed by atoms with Crippen LogP contribution in [-0.2, 0) is 78.0 Å². The van der Waals surface area contributed by atoms with E-state index in [1.807, 2.05) is 26.1 Å². The van der Waals surface area contributed by atoms with Gasteiger partial charge in [0.05, 0.1) is 156 Å². The minimum atomic E-state index is -1.53. The first kappa shape index (κ1) is 84.7. The first-order valence-electron chi connectivity index (χ1n) is 37.0.